The number of anilines is 3. The maximum absolute atomic E-state index is 6.43. The lowest BCUT2D eigenvalue weighted by atomic mass is 10.0. The van der Waals surface area contributed by atoms with Gasteiger partial charge in [0.2, 0.25) is 5.89 Å². The van der Waals surface area contributed by atoms with Crippen molar-refractivity contribution >= 4 is 81.6 Å². The number of thiophene rings is 1. The lowest BCUT2D eigenvalue weighted by Gasteiger charge is -2.26. The van der Waals surface area contributed by atoms with Gasteiger partial charge in [-0.15, -0.1) is 11.3 Å². The molecule has 3 heterocycles. The first-order chi connectivity index (χ1) is 29.7. The molecular weight excluding hydrogens is 753 g/mol. The number of hydrogen-bond donors (Lipinski definition) is 0. The highest BCUT2D eigenvalue weighted by Gasteiger charge is 2.19. The van der Waals surface area contributed by atoms with E-state index in [9.17, 15) is 0 Å². The van der Waals surface area contributed by atoms with E-state index in [1.807, 2.05) is 53.8 Å². The second kappa shape index (κ2) is 14.0. The van der Waals surface area contributed by atoms with Gasteiger partial charge in [0.05, 0.1) is 5.39 Å². The summed E-state index contributed by atoms with van der Waals surface area (Å²) in [6.07, 6.45) is 0. The highest BCUT2D eigenvalue weighted by Crippen LogP contribution is 2.43. The maximum Gasteiger partial charge on any atom is 0.227 e. The molecule has 5 heteroatoms. The Bertz CT molecular complexity index is 3530. The van der Waals surface area contributed by atoms with Gasteiger partial charge in [0.15, 0.2) is 5.58 Å². The summed E-state index contributed by atoms with van der Waals surface area (Å²) in [6.45, 7) is 0. The summed E-state index contributed by atoms with van der Waals surface area (Å²) in [5, 5.41) is 4.55. The fourth-order valence-electron chi connectivity index (χ4n) is 8.60. The van der Waals surface area contributed by atoms with Gasteiger partial charge in [-0.3, -0.25) is 0 Å². The Morgan fingerprint density at radius 3 is 1.82 bits per heavy atom. The molecule has 0 bridgehead atoms. The minimum Gasteiger partial charge on any atom is -0.456 e. The second-order valence-electron chi connectivity index (χ2n) is 15.1. The van der Waals surface area contributed by atoms with E-state index in [1.54, 1.807) is 0 Å². The third-order valence-electron chi connectivity index (χ3n) is 11.5. The van der Waals surface area contributed by atoms with Crippen molar-refractivity contribution < 1.29 is 8.83 Å². The average Bonchev–Trinajstić information content (AvgIpc) is 4.04. The van der Waals surface area contributed by atoms with Crippen molar-refractivity contribution in [3.05, 3.63) is 206 Å². The van der Waals surface area contributed by atoms with Gasteiger partial charge in [-0.05, 0) is 112 Å². The van der Waals surface area contributed by atoms with E-state index in [4.69, 9.17) is 13.8 Å². The van der Waals surface area contributed by atoms with Crippen molar-refractivity contribution in [1.29, 1.82) is 0 Å². The highest BCUT2D eigenvalue weighted by molar-refractivity contribution is 7.26. The number of aromatic nitrogens is 1. The van der Waals surface area contributed by atoms with Crippen LogP contribution in [0.3, 0.4) is 0 Å². The second-order valence-corrected chi connectivity index (χ2v) is 16.2. The summed E-state index contributed by atoms with van der Waals surface area (Å²) in [5.74, 6) is 0.598. The minimum atomic E-state index is 0.598. The Hall–Kier alpha value is -7.73. The zero-order valence-corrected chi connectivity index (χ0v) is 33.1. The van der Waals surface area contributed by atoms with Crippen molar-refractivity contribution in [3.63, 3.8) is 0 Å². The molecule has 0 aliphatic heterocycles. The maximum atomic E-state index is 6.43. The van der Waals surface area contributed by atoms with E-state index >= 15 is 0 Å². The minimum absolute atomic E-state index is 0.598. The SMILES string of the molecule is c1ccc(-c2cccc(N(c3ccc(-c4ccc5oc6ccc7nc(-c8ccccc8)oc7c6c5c4)cc3)c3ccc(-c4cccc5c4sc4ccccc45)cc3)c2)cc1. The monoisotopic (exact) mass is 786 g/mol. The molecule has 9 aromatic carbocycles. The van der Waals surface area contributed by atoms with Gasteiger partial charge < -0.3 is 13.7 Å². The first-order valence-electron chi connectivity index (χ1n) is 20.1. The van der Waals surface area contributed by atoms with Crippen LogP contribution in [0.15, 0.2) is 215 Å². The number of furan rings is 1. The fraction of sp³-hybridized carbons (Fsp3) is 0. The van der Waals surface area contributed by atoms with Crippen LogP contribution in [0.25, 0.3) is 98.0 Å². The summed E-state index contributed by atoms with van der Waals surface area (Å²) in [6, 6.07) is 72.9. The molecule has 12 rings (SSSR count). The molecule has 3 aromatic heterocycles. The zero-order valence-electron chi connectivity index (χ0n) is 32.2. The molecule has 4 nitrogen and oxygen atoms in total. The number of benzene rings is 9. The normalized spacial score (nSPS) is 11.7. The lowest BCUT2D eigenvalue weighted by Crippen LogP contribution is -2.10. The summed E-state index contributed by atoms with van der Waals surface area (Å²) in [4.78, 5) is 7.17. The number of oxazole rings is 1. The van der Waals surface area contributed by atoms with Crippen LogP contribution in [0.4, 0.5) is 17.1 Å². The van der Waals surface area contributed by atoms with Crippen LogP contribution in [-0.4, -0.2) is 4.98 Å². The molecule has 0 N–H and O–H groups in total. The van der Waals surface area contributed by atoms with Gasteiger partial charge in [-0.2, -0.15) is 0 Å². The van der Waals surface area contributed by atoms with Crippen LogP contribution in [0.2, 0.25) is 0 Å². The molecule has 0 aliphatic rings. The molecule has 0 aliphatic carbocycles. The average molecular weight is 787 g/mol. The Labute approximate surface area is 349 Å². The van der Waals surface area contributed by atoms with Gasteiger partial charge in [0.1, 0.15) is 16.7 Å². The summed E-state index contributed by atoms with van der Waals surface area (Å²) >= 11 is 1.87. The summed E-state index contributed by atoms with van der Waals surface area (Å²) in [5.41, 5.74) is 14.3. The quantitative estimate of drug-likeness (QED) is 0.161. The van der Waals surface area contributed by atoms with E-state index < -0.39 is 0 Å². The van der Waals surface area contributed by atoms with Crippen molar-refractivity contribution in [1.82, 2.24) is 4.98 Å². The van der Waals surface area contributed by atoms with Crippen molar-refractivity contribution in [2.45, 2.75) is 0 Å². The van der Waals surface area contributed by atoms with Crippen molar-refractivity contribution in [2.75, 3.05) is 4.90 Å². The largest absolute Gasteiger partial charge is 0.456 e. The van der Waals surface area contributed by atoms with E-state index in [0.717, 1.165) is 66.8 Å². The molecule has 0 radical (unpaired) electrons. The Morgan fingerprint density at radius 1 is 0.400 bits per heavy atom. The Kier molecular flexibility index (Phi) is 8.00. The molecule has 0 saturated carbocycles. The number of rotatable bonds is 7. The lowest BCUT2D eigenvalue weighted by molar-refractivity contribution is 0.622. The molecule has 282 valence electrons. The number of fused-ring (bicyclic) bond motifs is 8. The molecule has 0 spiro atoms. The molecular formula is C55H34N2O2S. The van der Waals surface area contributed by atoms with Crippen LogP contribution < -0.4 is 4.90 Å². The van der Waals surface area contributed by atoms with Gasteiger partial charge >= 0.3 is 0 Å². The fourth-order valence-corrected chi connectivity index (χ4v) is 9.84. The summed E-state index contributed by atoms with van der Waals surface area (Å²) < 4.78 is 15.4. The smallest absolute Gasteiger partial charge is 0.227 e. The van der Waals surface area contributed by atoms with Gasteiger partial charge in [0, 0.05) is 48.2 Å². The molecule has 0 atom stereocenters. The molecule has 0 amide bonds. The van der Waals surface area contributed by atoms with Crippen LogP contribution in [0, 0.1) is 0 Å². The predicted octanol–water partition coefficient (Wildman–Crippen LogP) is 16.2. The van der Waals surface area contributed by atoms with Crippen LogP contribution in [0.5, 0.6) is 0 Å². The van der Waals surface area contributed by atoms with E-state index in [1.165, 1.54) is 42.4 Å². The Morgan fingerprint density at radius 2 is 1.02 bits per heavy atom. The first-order valence-corrected chi connectivity index (χ1v) is 20.9. The molecule has 0 saturated heterocycles. The molecule has 60 heavy (non-hydrogen) atoms. The van der Waals surface area contributed by atoms with Gasteiger partial charge in [0.25, 0.3) is 0 Å². The summed E-state index contributed by atoms with van der Waals surface area (Å²) in [7, 11) is 0. The Balaban J connectivity index is 0.939. The van der Waals surface area contributed by atoms with E-state index in [0.29, 0.717) is 5.89 Å². The molecule has 0 fully saturated rings. The van der Waals surface area contributed by atoms with E-state index in [-0.39, 0.29) is 0 Å². The third kappa shape index (κ3) is 5.78. The third-order valence-corrected chi connectivity index (χ3v) is 12.7. The first kappa shape index (κ1) is 34.3. The van der Waals surface area contributed by atoms with Crippen molar-refractivity contribution in [3.8, 4) is 44.8 Å². The predicted molar refractivity (Wildman–Crippen MR) is 251 cm³/mol. The zero-order chi connectivity index (χ0) is 39.6. The number of nitrogens with zero attached hydrogens (tertiary/aromatic N) is 2. The molecule has 0 unspecified atom stereocenters. The van der Waals surface area contributed by atoms with Crippen LogP contribution >= 0.6 is 11.3 Å². The molecule has 12 aromatic rings. The van der Waals surface area contributed by atoms with Crippen LogP contribution in [-0.2, 0) is 0 Å². The van der Waals surface area contributed by atoms with Gasteiger partial charge in [-0.25, -0.2) is 4.98 Å². The number of hydrogen-bond acceptors (Lipinski definition) is 5. The topological polar surface area (TPSA) is 42.4 Å². The van der Waals surface area contributed by atoms with Crippen molar-refractivity contribution in [2.24, 2.45) is 0 Å². The van der Waals surface area contributed by atoms with Crippen LogP contribution in [0.1, 0.15) is 0 Å². The standard InChI is InChI=1S/C55H34N2O2S/c1-3-11-35(12-4-1)39-15-9-16-43(33-39)57(42-28-23-37(24-29-42)44-18-10-19-46-45-17-7-8-20-51(45)60-54(44)46)41-26-21-36(22-27-41)40-25-31-49-47(34-40)52-50(58-49)32-30-48-53(52)59-55(56-48)38-13-5-2-6-14-38/h1-34H. The van der Waals surface area contributed by atoms with E-state index in [2.05, 4.69) is 169 Å². The van der Waals surface area contributed by atoms with Gasteiger partial charge in [-0.1, -0.05) is 127 Å². The highest BCUT2D eigenvalue weighted by atomic mass is 32.1.